The normalized spacial score (nSPS) is 12.6. The summed E-state index contributed by atoms with van der Waals surface area (Å²) < 4.78 is 2.12. The number of nitrogens with zero attached hydrogens (tertiary/aromatic N) is 4. The quantitative estimate of drug-likeness (QED) is 0.202. The minimum absolute atomic E-state index is 0.201. The minimum Gasteiger partial charge on any atom is -0.397 e. The zero-order valence-corrected chi connectivity index (χ0v) is 22.3. The molecule has 1 amide bonds. The number of nitrogen functional groups attached to an aromatic ring is 1. The highest BCUT2D eigenvalue weighted by atomic mass is 32.1. The number of nitrogens with two attached hydrogens (primary N) is 1. The number of amides is 1. The number of fused-ring (bicyclic) bond motifs is 2. The molecule has 0 fully saturated rings. The van der Waals surface area contributed by atoms with Crippen LogP contribution >= 0.6 is 22.7 Å². The van der Waals surface area contributed by atoms with Crippen LogP contribution in [0, 0.1) is 0 Å². The summed E-state index contributed by atoms with van der Waals surface area (Å²) in [7, 11) is 0. The van der Waals surface area contributed by atoms with E-state index >= 15 is 0 Å². The molecule has 192 valence electrons. The van der Waals surface area contributed by atoms with Gasteiger partial charge in [-0.25, -0.2) is 9.97 Å². The summed E-state index contributed by atoms with van der Waals surface area (Å²) in [5.41, 5.74) is 12.8. The molecular formula is C29H23N7OS2. The molecule has 10 heteroatoms. The molecule has 6 aromatic rings. The number of anilines is 5. The van der Waals surface area contributed by atoms with Gasteiger partial charge >= 0.3 is 0 Å². The number of aromatic nitrogens is 3. The number of rotatable bonds is 6. The van der Waals surface area contributed by atoms with Crippen LogP contribution in [0.2, 0.25) is 0 Å². The van der Waals surface area contributed by atoms with Gasteiger partial charge in [-0.2, -0.15) is 0 Å². The molecule has 0 radical (unpaired) electrons. The standard InChI is InChI=1S/C29H23N7OS2/c30-20-8-3-4-9-21(20)33-28(37)24-11-12-26(38-24)34-29-32-15-25(39-29)23-14-31-27-22(10-5-13-36(23)27)35-16-18-6-1-2-7-19(18)17-35/h1-15H,16-17,30H2,(H,32,34)(H,33,37). The van der Waals surface area contributed by atoms with E-state index < -0.39 is 0 Å². The Labute approximate surface area is 232 Å². The molecule has 7 rings (SSSR count). The van der Waals surface area contributed by atoms with Crippen LogP contribution in [0.5, 0.6) is 0 Å². The highest BCUT2D eigenvalue weighted by Gasteiger charge is 2.22. The fraction of sp³-hybridized carbons (Fsp3) is 0.0690. The molecule has 5 heterocycles. The van der Waals surface area contributed by atoms with Crippen LogP contribution in [0.25, 0.3) is 16.2 Å². The predicted octanol–water partition coefficient (Wildman–Crippen LogP) is 6.62. The van der Waals surface area contributed by atoms with Crippen molar-refractivity contribution in [3.8, 4) is 10.6 Å². The lowest BCUT2D eigenvalue weighted by atomic mass is 10.1. The number of thiazole rings is 1. The number of hydrogen-bond acceptors (Lipinski definition) is 8. The van der Waals surface area contributed by atoms with Crippen LogP contribution in [-0.2, 0) is 13.1 Å². The van der Waals surface area contributed by atoms with E-state index in [1.54, 1.807) is 29.5 Å². The van der Waals surface area contributed by atoms with Crippen LogP contribution in [0.1, 0.15) is 20.8 Å². The Balaban J connectivity index is 1.09. The third-order valence-electron chi connectivity index (χ3n) is 6.72. The lowest BCUT2D eigenvalue weighted by molar-refractivity contribution is 0.103. The number of pyridine rings is 1. The lowest BCUT2D eigenvalue weighted by Gasteiger charge is -2.18. The molecule has 4 N–H and O–H groups in total. The Kier molecular flexibility index (Phi) is 5.75. The first-order valence-corrected chi connectivity index (χ1v) is 14.0. The van der Waals surface area contributed by atoms with Crippen LogP contribution in [0.15, 0.2) is 91.4 Å². The van der Waals surface area contributed by atoms with Crippen molar-refractivity contribution in [2.24, 2.45) is 0 Å². The molecule has 0 spiro atoms. The predicted molar refractivity (Wildman–Crippen MR) is 159 cm³/mol. The molecule has 0 saturated carbocycles. The second kappa shape index (κ2) is 9.57. The van der Waals surface area contributed by atoms with Gasteiger partial charge < -0.3 is 21.3 Å². The summed E-state index contributed by atoms with van der Waals surface area (Å²) in [4.78, 5) is 26.0. The molecule has 0 aliphatic carbocycles. The molecule has 8 nitrogen and oxygen atoms in total. The van der Waals surface area contributed by atoms with Gasteiger partial charge in [-0.3, -0.25) is 9.20 Å². The van der Waals surface area contributed by atoms with Crippen molar-refractivity contribution < 1.29 is 4.79 Å². The van der Waals surface area contributed by atoms with Gasteiger partial charge in [0.25, 0.3) is 5.91 Å². The molecule has 0 unspecified atom stereocenters. The second-order valence-electron chi connectivity index (χ2n) is 9.22. The third kappa shape index (κ3) is 4.39. The summed E-state index contributed by atoms with van der Waals surface area (Å²) in [5, 5.41) is 7.77. The molecule has 0 atom stereocenters. The number of thiophene rings is 1. The van der Waals surface area contributed by atoms with E-state index in [0.29, 0.717) is 16.3 Å². The van der Waals surface area contributed by atoms with Crippen LogP contribution < -0.4 is 21.3 Å². The van der Waals surface area contributed by atoms with Crippen LogP contribution in [-0.4, -0.2) is 20.3 Å². The Morgan fingerprint density at radius 2 is 1.67 bits per heavy atom. The van der Waals surface area contributed by atoms with Gasteiger partial charge in [-0.1, -0.05) is 47.7 Å². The van der Waals surface area contributed by atoms with Gasteiger partial charge in [0.1, 0.15) is 0 Å². The van der Waals surface area contributed by atoms with E-state index in [-0.39, 0.29) is 5.91 Å². The SMILES string of the molecule is Nc1ccccc1NC(=O)c1ccc(Nc2ncc(-c3cnc4c(N5Cc6ccccc6C5)cccn34)s2)s1. The summed E-state index contributed by atoms with van der Waals surface area (Å²) in [6, 6.07) is 23.7. The third-order valence-corrected chi connectivity index (χ3v) is 8.66. The summed E-state index contributed by atoms with van der Waals surface area (Å²) in [6.45, 7) is 1.76. The molecule has 0 saturated heterocycles. The van der Waals surface area contributed by atoms with E-state index in [2.05, 4.69) is 61.3 Å². The minimum atomic E-state index is -0.201. The maximum atomic E-state index is 12.7. The number of carbonyl (C=O) groups is 1. The van der Waals surface area contributed by atoms with E-state index in [4.69, 9.17) is 10.7 Å². The second-order valence-corrected chi connectivity index (χ2v) is 11.3. The number of hydrogen-bond donors (Lipinski definition) is 3. The Morgan fingerprint density at radius 1 is 0.872 bits per heavy atom. The van der Waals surface area contributed by atoms with Crippen molar-refractivity contribution in [3.05, 3.63) is 107 Å². The maximum absolute atomic E-state index is 12.7. The Morgan fingerprint density at radius 3 is 2.49 bits per heavy atom. The topological polar surface area (TPSA) is 101 Å². The van der Waals surface area contributed by atoms with E-state index in [1.165, 1.54) is 22.5 Å². The highest BCUT2D eigenvalue weighted by Crippen LogP contribution is 2.36. The molecule has 1 aliphatic heterocycles. The van der Waals surface area contributed by atoms with Crippen LogP contribution in [0.4, 0.5) is 27.2 Å². The van der Waals surface area contributed by atoms with Crippen molar-refractivity contribution in [2.75, 3.05) is 21.3 Å². The molecule has 39 heavy (non-hydrogen) atoms. The number of imidazole rings is 1. The van der Waals surface area contributed by atoms with Crippen LogP contribution in [0.3, 0.4) is 0 Å². The fourth-order valence-electron chi connectivity index (χ4n) is 4.81. The van der Waals surface area contributed by atoms with Gasteiger partial charge in [-0.05, 0) is 47.5 Å². The Bertz CT molecular complexity index is 1810. The highest BCUT2D eigenvalue weighted by molar-refractivity contribution is 7.20. The van der Waals surface area contributed by atoms with Crippen molar-refractivity contribution in [1.82, 2.24) is 14.4 Å². The number of benzene rings is 2. The van der Waals surface area contributed by atoms with Crippen molar-refractivity contribution in [3.63, 3.8) is 0 Å². The Hall–Kier alpha value is -4.67. The number of para-hydroxylation sites is 2. The molecule has 1 aliphatic rings. The monoisotopic (exact) mass is 549 g/mol. The molecule has 0 bridgehead atoms. The van der Waals surface area contributed by atoms with E-state index in [9.17, 15) is 4.79 Å². The zero-order valence-electron chi connectivity index (χ0n) is 20.7. The summed E-state index contributed by atoms with van der Waals surface area (Å²) >= 11 is 2.90. The maximum Gasteiger partial charge on any atom is 0.265 e. The van der Waals surface area contributed by atoms with Gasteiger partial charge in [0.05, 0.1) is 43.7 Å². The number of nitrogens with one attached hydrogen (secondary N) is 2. The summed E-state index contributed by atoms with van der Waals surface area (Å²) in [5.74, 6) is -0.201. The molecule has 2 aromatic carbocycles. The first-order chi connectivity index (χ1) is 19.1. The van der Waals surface area contributed by atoms with Crippen molar-refractivity contribution in [2.45, 2.75) is 13.1 Å². The van der Waals surface area contributed by atoms with E-state index in [0.717, 1.165) is 45.1 Å². The summed E-state index contributed by atoms with van der Waals surface area (Å²) in [6.07, 6.45) is 5.80. The fourth-order valence-corrected chi connectivity index (χ4v) is 6.51. The van der Waals surface area contributed by atoms with E-state index in [1.807, 2.05) is 36.8 Å². The van der Waals surface area contributed by atoms with Gasteiger partial charge in [-0.15, -0.1) is 11.3 Å². The van der Waals surface area contributed by atoms with Gasteiger partial charge in [0.15, 0.2) is 10.8 Å². The number of carbonyl (C=O) groups excluding carboxylic acids is 1. The van der Waals surface area contributed by atoms with Gasteiger partial charge in [0, 0.05) is 25.5 Å². The first-order valence-electron chi connectivity index (χ1n) is 12.4. The van der Waals surface area contributed by atoms with Crippen molar-refractivity contribution in [1.29, 1.82) is 0 Å². The average molecular weight is 550 g/mol. The lowest BCUT2D eigenvalue weighted by Crippen LogP contribution is -2.15. The first kappa shape index (κ1) is 23.4. The van der Waals surface area contributed by atoms with Crippen molar-refractivity contribution >= 4 is 61.4 Å². The smallest absolute Gasteiger partial charge is 0.265 e. The molecule has 4 aromatic heterocycles. The zero-order chi connectivity index (χ0) is 26.3. The average Bonchev–Trinajstić information content (AvgIpc) is 3.75. The largest absolute Gasteiger partial charge is 0.397 e. The molecular weight excluding hydrogens is 527 g/mol. The van der Waals surface area contributed by atoms with Gasteiger partial charge in [0.2, 0.25) is 0 Å².